The van der Waals surface area contributed by atoms with Crippen LogP contribution in [0.15, 0.2) is 0 Å². The fourth-order valence-electron chi connectivity index (χ4n) is 5.05. The number of aliphatic hydroxyl groups excluding tert-OH is 1. The third-order valence-corrected chi connectivity index (χ3v) is 9.26. The van der Waals surface area contributed by atoms with Crippen molar-refractivity contribution in [1.82, 2.24) is 29.2 Å². The van der Waals surface area contributed by atoms with Crippen LogP contribution in [0.5, 0.6) is 0 Å². The first-order valence-corrected chi connectivity index (χ1v) is 19.1. The fourth-order valence-corrected chi connectivity index (χ4v) is 5.05. The summed E-state index contributed by atoms with van der Waals surface area (Å²) < 4.78 is 0. The van der Waals surface area contributed by atoms with Crippen LogP contribution in [0.3, 0.4) is 0 Å². The Labute approximate surface area is 289 Å². The van der Waals surface area contributed by atoms with Gasteiger partial charge in [-0.3, -0.25) is 0 Å². The van der Waals surface area contributed by atoms with Crippen LogP contribution in [0, 0.1) is 0 Å². The molecule has 0 amide bonds. The Kier molecular flexibility index (Phi) is 36.0. The Bertz CT molecular complexity index is 563. The van der Waals surface area contributed by atoms with Crippen LogP contribution in [0.25, 0.3) is 0 Å². The SMILES string of the molecule is CB(O)N(C)CCN(C)CCN(C)CCCCCCCCCO.CCCCCCCCCCN(C)CCN(C)CCN(C)B(C)O. The highest BCUT2D eigenvalue weighted by Crippen LogP contribution is 2.09. The molecule has 9 nitrogen and oxygen atoms in total. The van der Waals surface area contributed by atoms with E-state index in [-0.39, 0.29) is 14.1 Å². The molecule has 0 aromatic rings. The summed E-state index contributed by atoms with van der Waals surface area (Å²) in [6.07, 6.45) is 19.8. The molecule has 276 valence electrons. The molecule has 0 heterocycles. The molecule has 0 spiro atoms. The zero-order chi connectivity index (χ0) is 35.0. The highest BCUT2D eigenvalue weighted by molar-refractivity contribution is 6.45. The quantitative estimate of drug-likeness (QED) is 0.0709. The molecule has 11 heteroatoms. The zero-order valence-electron chi connectivity index (χ0n) is 32.6. The molecule has 0 aliphatic heterocycles. The first kappa shape index (κ1) is 47.9. The van der Waals surface area contributed by atoms with Gasteiger partial charge in [0.1, 0.15) is 0 Å². The van der Waals surface area contributed by atoms with Gasteiger partial charge in [-0.15, -0.1) is 0 Å². The highest BCUT2D eigenvalue weighted by atomic mass is 16.3. The van der Waals surface area contributed by atoms with Crippen molar-refractivity contribution < 1.29 is 15.2 Å². The summed E-state index contributed by atoms with van der Waals surface area (Å²) >= 11 is 0. The molecule has 0 unspecified atom stereocenters. The van der Waals surface area contributed by atoms with Gasteiger partial charge in [-0.2, -0.15) is 0 Å². The van der Waals surface area contributed by atoms with Crippen molar-refractivity contribution in [2.24, 2.45) is 0 Å². The Morgan fingerprint density at radius 1 is 0.370 bits per heavy atom. The van der Waals surface area contributed by atoms with Crippen LogP contribution in [0.1, 0.15) is 103 Å². The second kappa shape index (κ2) is 34.6. The lowest BCUT2D eigenvalue weighted by Crippen LogP contribution is -2.40. The number of hydrogen-bond donors (Lipinski definition) is 3. The third kappa shape index (κ3) is 35.1. The number of hydrogen-bond acceptors (Lipinski definition) is 9. The summed E-state index contributed by atoms with van der Waals surface area (Å²) in [4.78, 5) is 13.5. The van der Waals surface area contributed by atoms with E-state index in [0.29, 0.717) is 6.61 Å². The molecule has 0 saturated carbocycles. The van der Waals surface area contributed by atoms with Gasteiger partial charge < -0.3 is 44.4 Å². The molecule has 0 aliphatic rings. The van der Waals surface area contributed by atoms with Crippen LogP contribution in [-0.2, 0) is 0 Å². The maximum atomic E-state index is 9.45. The van der Waals surface area contributed by atoms with Gasteiger partial charge in [-0.05, 0) is 88.3 Å². The largest absolute Gasteiger partial charge is 0.437 e. The fraction of sp³-hybridized carbons (Fsp3) is 1.00. The van der Waals surface area contributed by atoms with Gasteiger partial charge in [0.25, 0.3) is 0 Å². The van der Waals surface area contributed by atoms with Crippen molar-refractivity contribution in [1.29, 1.82) is 0 Å². The van der Waals surface area contributed by atoms with E-state index in [0.717, 1.165) is 58.8 Å². The van der Waals surface area contributed by atoms with Gasteiger partial charge in [-0.25, -0.2) is 0 Å². The molecule has 0 rings (SSSR count). The van der Waals surface area contributed by atoms with Crippen LogP contribution in [0.2, 0.25) is 13.6 Å². The minimum absolute atomic E-state index is 0.342. The molecular formula is C35H82B2N6O3. The van der Waals surface area contributed by atoms with Gasteiger partial charge in [0, 0.05) is 59.0 Å². The maximum Gasteiger partial charge on any atom is 0.376 e. The molecule has 0 fully saturated rings. The number of likely N-dealkylation sites (N-methyl/N-ethyl adjacent to an activating group) is 6. The van der Waals surface area contributed by atoms with Crippen molar-refractivity contribution in [3.05, 3.63) is 0 Å². The Morgan fingerprint density at radius 3 is 0.935 bits per heavy atom. The first-order valence-electron chi connectivity index (χ1n) is 19.1. The molecule has 0 aromatic heterocycles. The van der Waals surface area contributed by atoms with E-state index in [1.54, 1.807) is 6.82 Å². The lowest BCUT2D eigenvalue weighted by molar-refractivity contribution is 0.241. The first-order chi connectivity index (χ1) is 21.9. The predicted octanol–water partition coefficient (Wildman–Crippen LogP) is 4.65. The summed E-state index contributed by atoms with van der Waals surface area (Å²) in [6, 6.07) is 0. The van der Waals surface area contributed by atoms with Crippen molar-refractivity contribution >= 4 is 14.1 Å². The Morgan fingerprint density at radius 2 is 0.630 bits per heavy atom. The average Bonchev–Trinajstić information content (AvgIpc) is 3.03. The Balaban J connectivity index is 0. The maximum absolute atomic E-state index is 9.45. The van der Waals surface area contributed by atoms with Gasteiger partial charge in [-0.1, -0.05) is 84.0 Å². The summed E-state index contributed by atoms with van der Waals surface area (Å²) in [6.45, 7) is 16.9. The smallest absolute Gasteiger partial charge is 0.376 e. The zero-order valence-corrected chi connectivity index (χ0v) is 32.6. The molecule has 3 N–H and O–H groups in total. The molecule has 0 saturated heterocycles. The van der Waals surface area contributed by atoms with E-state index >= 15 is 0 Å². The number of unbranched alkanes of at least 4 members (excludes halogenated alkanes) is 13. The molecule has 0 atom stereocenters. The molecule has 0 aromatic carbocycles. The van der Waals surface area contributed by atoms with E-state index in [1.807, 2.05) is 30.5 Å². The van der Waals surface area contributed by atoms with Gasteiger partial charge in [0.15, 0.2) is 0 Å². The van der Waals surface area contributed by atoms with Crippen LogP contribution >= 0.6 is 0 Å². The second-order valence-corrected chi connectivity index (χ2v) is 14.1. The third-order valence-electron chi connectivity index (χ3n) is 9.26. The van der Waals surface area contributed by atoms with E-state index in [2.05, 4.69) is 54.7 Å². The van der Waals surface area contributed by atoms with Gasteiger partial charge >= 0.3 is 14.1 Å². The normalized spacial score (nSPS) is 11.9. The number of nitrogens with zero attached hydrogens (tertiary/aromatic N) is 6. The minimum Gasteiger partial charge on any atom is -0.437 e. The van der Waals surface area contributed by atoms with E-state index < -0.39 is 0 Å². The van der Waals surface area contributed by atoms with Crippen LogP contribution in [-0.4, -0.2) is 173 Å². The van der Waals surface area contributed by atoms with Crippen molar-refractivity contribution in [2.45, 2.75) is 117 Å². The summed E-state index contributed by atoms with van der Waals surface area (Å²) in [5.41, 5.74) is 0. The summed E-state index contributed by atoms with van der Waals surface area (Å²) in [5, 5.41) is 27.6. The standard InChI is InChI=1S/C18H42BN3O.C17H40BN3O2/c1-6-7-8-9-10-11-12-13-14-20(3)15-16-21(4)17-18-22(5)19(2)23;1-18(23)21(4)16-15-20(3)14-13-19(2)12-10-8-6-5-7-9-11-17-22/h23H,6-18H2,1-5H3;22-23H,5-17H2,1-4H3. The Hall–Kier alpha value is -0.230. The van der Waals surface area contributed by atoms with Crippen molar-refractivity contribution in [3.8, 4) is 0 Å². The lowest BCUT2D eigenvalue weighted by atomic mass is 9.86. The average molecular weight is 657 g/mol. The van der Waals surface area contributed by atoms with E-state index in [9.17, 15) is 10.0 Å². The summed E-state index contributed by atoms with van der Waals surface area (Å²) in [5.74, 6) is 0. The number of aliphatic hydroxyl groups is 1. The molecule has 0 radical (unpaired) electrons. The van der Waals surface area contributed by atoms with E-state index in [1.165, 1.54) is 103 Å². The monoisotopic (exact) mass is 657 g/mol. The molecule has 0 aliphatic carbocycles. The van der Waals surface area contributed by atoms with E-state index in [4.69, 9.17) is 5.11 Å². The topological polar surface area (TPSA) is 80.1 Å². The second-order valence-electron chi connectivity index (χ2n) is 14.1. The van der Waals surface area contributed by atoms with Gasteiger partial charge in [0.05, 0.1) is 0 Å². The van der Waals surface area contributed by atoms with Gasteiger partial charge in [0.2, 0.25) is 0 Å². The molecular weight excluding hydrogens is 574 g/mol. The molecule has 46 heavy (non-hydrogen) atoms. The predicted molar refractivity (Wildman–Crippen MR) is 205 cm³/mol. The number of rotatable bonds is 32. The van der Waals surface area contributed by atoms with Crippen LogP contribution in [0.4, 0.5) is 0 Å². The lowest BCUT2D eigenvalue weighted by Gasteiger charge is -2.24. The van der Waals surface area contributed by atoms with Crippen molar-refractivity contribution in [3.63, 3.8) is 0 Å². The van der Waals surface area contributed by atoms with Crippen molar-refractivity contribution in [2.75, 3.05) is 114 Å². The molecule has 0 bridgehead atoms. The minimum atomic E-state index is -0.366. The van der Waals surface area contributed by atoms with Crippen LogP contribution < -0.4 is 0 Å². The summed E-state index contributed by atoms with van der Waals surface area (Å²) in [7, 11) is 12.0. The highest BCUT2D eigenvalue weighted by Gasteiger charge is 2.12.